The predicted molar refractivity (Wildman–Crippen MR) is 81.7 cm³/mol. The largest absolute Gasteiger partial charge is 0.387 e. The molecule has 1 heterocycles. The molecule has 0 spiro atoms. The summed E-state index contributed by atoms with van der Waals surface area (Å²) in [4.78, 5) is 19.8. The van der Waals surface area contributed by atoms with Crippen LogP contribution in [0.1, 0.15) is 0 Å². The minimum absolute atomic E-state index is 0.579. The van der Waals surface area contributed by atoms with Crippen LogP contribution in [0.2, 0.25) is 0 Å². The number of carbonyl (C=O) groups is 2. The Morgan fingerprint density at radius 2 is 0.905 bits per heavy atom. The zero-order chi connectivity index (χ0) is 14.7. The molecule has 0 N–H and O–H groups in total. The molecule has 102 valence electrons. The summed E-state index contributed by atoms with van der Waals surface area (Å²) in [7, 11) is 0. The normalized spacial score (nSPS) is 13.1. The molecule has 0 radical (unpaired) electrons. The average Bonchev–Trinajstić information content (AvgIpc) is 2.89. The number of esters is 2. The van der Waals surface area contributed by atoms with Crippen LogP contribution < -0.4 is 0 Å². The van der Waals surface area contributed by atoms with Gasteiger partial charge in [-0.25, -0.2) is 9.59 Å². The summed E-state index contributed by atoms with van der Waals surface area (Å²) in [5.74, 6) is -1.16. The van der Waals surface area contributed by atoms with Crippen molar-refractivity contribution < 1.29 is 14.3 Å². The van der Waals surface area contributed by atoms with Crippen LogP contribution in [0.4, 0.5) is 0 Å². The van der Waals surface area contributed by atoms with Crippen molar-refractivity contribution in [2.24, 2.45) is 0 Å². The Bertz CT molecular complexity index is 741. The van der Waals surface area contributed by atoms with Crippen molar-refractivity contribution in [3.05, 3.63) is 72.8 Å². The number of rotatable bonds is 0. The third-order valence-electron chi connectivity index (χ3n) is 3.17. The van der Waals surface area contributed by atoms with Gasteiger partial charge < -0.3 is 4.74 Å². The van der Waals surface area contributed by atoms with Crippen LogP contribution >= 0.6 is 0 Å². The number of ether oxygens (including phenoxy) is 1. The molecule has 21 heavy (non-hydrogen) atoms. The molecule has 0 aromatic heterocycles. The maximum absolute atomic E-state index is 9.92. The minimum Gasteiger partial charge on any atom is -0.387 e. The Kier molecular flexibility index (Phi) is 3.48. The van der Waals surface area contributed by atoms with Crippen LogP contribution in [-0.4, -0.2) is 11.9 Å². The van der Waals surface area contributed by atoms with E-state index in [9.17, 15) is 9.59 Å². The molecule has 0 bridgehead atoms. The second-order valence-corrected chi connectivity index (χ2v) is 4.62. The maximum Gasteiger partial charge on any atom is 0.338 e. The first-order valence-electron chi connectivity index (χ1n) is 6.54. The Morgan fingerprint density at radius 3 is 1.14 bits per heavy atom. The minimum atomic E-state index is -0.579. The summed E-state index contributed by atoms with van der Waals surface area (Å²) in [6, 6.07) is 21.4. The lowest BCUT2D eigenvalue weighted by Gasteiger charge is -2.00. The molecule has 0 fully saturated rings. The first-order chi connectivity index (χ1) is 10.2. The van der Waals surface area contributed by atoms with Gasteiger partial charge in [-0.3, -0.25) is 0 Å². The first kappa shape index (κ1) is 13.1. The summed E-state index contributed by atoms with van der Waals surface area (Å²) in [5, 5.41) is 5.25. The molecule has 3 heteroatoms. The van der Waals surface area contributed by atoms with Crippen LogP contribution in [0.3, 0.4) is 0 Å². The lowest BCUT2D eigenvalue weighted by molar-refractivity contribution is -0.150. The third kappa shape index (κ3) is 2.98. The maximum atomic E-state index is 9.92. The molecule has 3 nitrogen and oxygen atoms in total. The highest BCUT2D eigenvalue weighted by atomic mass is 16.6. The van der Waals surface area contributed by atoms with Crippen LogP contribution in [0, 0.1) is 0 Å². The van der Waals surface area contributed by atoms with Gasteiger partial charge in [-0.05, 0) is 33.7 Å². The smallest absolute Gasteiger partial charge is 0.338 e. The fourth-order valence-electron chi connectivity index (χ4n) is 2.19. The van der Waals surface area contributed by atoms with Crippen LogP contribution in [0.5, 0.6) is 0 Å². The van der Waals surface area contributed by atoms with Gasteiger partial charge in [-0.15, -0.1) is 0 Å². The SMILES string of the molecule is O=C1C=CC(=O)O1.c1ccc2cc3ccccc3cc2c1. The second kappa shape index (κ2) is 5.59. The van der Waals surface area contributed by atoms with E-state index in [0.29, 0.717) is 0 Å². The summed E-state index contributed by atoms with van der Waals surface area (Å²) >= 11 is 0. The average molecular weight is 276 g/mol. The molecule has 0 unspecified atom stereocenters. The molecule has 3 aromatic carbocycles. The molecule has 0 atom stereocenters. The molecule has 1 aliphatic heterocycles. The van der Waals surface area contributed by atoms with E-state index in [-0.39, 0.29) is 0 Å². The molecule has 1 aliphatic rings. The van der Waals surface area contributed by atoms with E-state index in [1.165, 1.54) is 21.5 Å². The van der Waals surface area contributed by atoms with Crippen molar-refractivity contribution in [3.8, 4) is 0 Å². The molecule has 0 saturated carbocycles. The number of benzene rings is 3. The van der Waals surface area contributed by atoms with Crippen molar-refractivity contribution >= 4 is 33.5 Å². The molecule has 0 aliphatic carbocycles. The Balaban J connectivity index is 0.000000160. The predicted octanol–water partition coefficient (Wildman–Crippen LogP) is 3.62. The van der Waals surface area contributed by atoms with Crippen LogP contribution in [0.15, 0.2) is 72.8 Å². The third-order valence-corrected chi connectivity index (χ3v) is 3.17. The molecule has 0 saturated heterocycles. The molecule has 4 rings (SSSR count). The van der Waals surface area contributed by atoms with Crippen molar-refractivity contribution in [2.75, 3.05) is 0 Å². The van der Waals surface area contributed by atoms with E-state index >= 15 is 0 Å². The topological polar surface area (TPSA) is 43.4 Å². The van der Waals surface area contributed by atoms with E-state index < -0.39 is 11.9 Å². The number of fused-ring (bicyclic) bond motifs is 2. The highest BCUT2D eigenvalue weighted by Gasteiger charge is 2.10. The molecular weight excluding hydrogens is 264 g/mol. The lowest BCUT2D eigenvalue weighted by Crippen LogP contribution is -1.96. The summed E-state index contributed by atoms with van der Waals surface area (Å²) < 4.78 is 3.97. The quantitative estimate of drug-likeness (QED) is 0.358. The van der Waals surface area contributed by atoms with E-state index in [0.717, 1.165) is 12.2 Å². The van der Waals surface area contributed by atoms with Gasteiger partial charge in [0.1, 0.15) is 0 Å². The summed E-state index contributed by atoms with van der Waals surface area (Å²) in [6.45, 7) is 0. The Hall–Kier alpha value is -2.94. The fourth-order valence-corrected chi connectivity index (χ4v) is 2.19. The van der Waals surface area contributed by atoms with Crippen molar-refractivity contribution in [1.82, 2.24) is 0 Å². The van der Waals surface area contributed by atoms with Crippen molar-refractivity contribution in [3.63, 3.8) is 0 Å². The first-order valence-corrected chi connectivity index (χ1v) is 6.54. The Morgan fingerprint density at radius 1 is 0.571 bits per heavy atom. The summed E-state index contributed by atoms with van der Waals surface area (Å²) in [5.41, 5.74) is 0. The molecule has 0 amide bonds. The van der Waals surface area contributed by atoms with Gasteiger partial charge in [0.15, 0.2) is 0 Å². The van der Waals surface area contributed by atoms with E-state index in [1.807, 2.05) is 0 Å². The highest BCUT2D eigenvalue weighted by Crippen LogP contribution is 2.21. The van der Waals surface area contributed by atoms with E-state index in [1.54, 1.807) is 0 Å². The second-order valence-electron chi connectivity index (χ2n) is 4.62. The number of carbonyl (C=O) groups excluding carboxylic acids is 2. The molecular formula is C18H12O3. The van der Waals surface area contributed by atoms with Gasteiger partial charge in [0.2, 0.25) is 0 Å². The van der Waals surface area contributed by atoms with Gasteiger partial charge in [-0.2, -0.15) is 0 Å². The zero-order valence-corrected chi connectivity index (χ0v) is 11.2. The Labute approximate surface area is 121 Å². The standard InChI is InChI=1S/C14H10.C4H2O3/c1-2-6-12-10-14-8-4-3-7-13(14)9-11(12)5-1;5-3-1-2-4(6)7-3/h1-10H;1-2H. The van der Waals surface area contributed by atoms with Gasteiger partial charge in [0.05, 0.1) is 0 Å². The van der Waals surface area contributed by atoms with Gasteiger partial charge in [-0.1, -0.05) is 48.5 Å². The van der Waals surface area contributed by atoms with Gasteiger partial charge in [0.25, 0.3) is 0 Å². The van der Waals surface area contributed by atoms with Gasteiger partial charge >= 0.3 is 11.9 Å². The number of hydrogen-bond acceptors (Lipinski definition) is 3. The molecule has 3 aromatic rings. The number of hydrogen-bond donors (Lipinski definition) is 0. The van der Waals surface area contributed by atoms with E-state index in [2.05, 4.69) is 65.4 Å². The zero-order valence-electron chi connectivity index (χ0n) is 11.2. The number of cyclic esters (lactones) is 2. The van der Waals surface area contributed by atoms with Crippen LogP contribution in [0.25, 0.3) is 21.5 Å². The fraction of sp³-hybridized carbons (Fsp3) is 0. The van der Waals surface area contributed by atoms with Crippen molar-refractivity contribution in [1.29, 1.82) is 0 Å². The van der Waals surface area contributed by atoms with Crippen molar-refractivity contribution in [2.45, 2.75) is 0 Å². The highest BCUT2D eigenvalue weighted by molar-refractivity contribution is 6.05. The van der Waals surface area contributed by atoms with Gasteiger partial charge in [0, 0.05) is 12.2 Å². The monoisotopic (exact) mass is 276 g/mol. The van der Waals surface area contributed by atoms with E-state index in [4.69, 9.17) is 0 Å². The van der Waals surface area contributed by atoms with Crippen LogP contribution in [-0.2, 0) is 14.3 Å². The summed E-state index contributed by atoms with van der Waals surface area (Å²) in [6.07, 6.45) is 2.17. The lowest BCUT2D eigenvalue weighted by atomic mass is 10.0.